The number of oxime groups is 1. The van der Waals surface area contributed by atoms with Gasteiger partial charge in [0, 0.05) is 18.5 Å². The average molecular weight is 235 g/mol. The molecule has 5 nitrogen and oxygen atoms in total. The van der Waals surface area contributed by atoms with Crippen LogP contribution < -0.4 is 11.1 Å². The van der Waals surface area contributed by atoms with Crippen LogP contribution in [-0.2, 0) is 0 Å². The lowest BCUT2D eigenvalue weighted by molar-refractivity contribution is 0.0953. The molecule has 0 heterocycles. The molecule has 0 atom stereocenters. The molecule has 92 valence electrons. The lowest BCUT2D eigenvalue weighted by atomic mass is 10.1. The van der Waals surface area contributed by atoms with Gasteiger partial charge in [-0.05, 0) is 25.5 Å². The Labute approximate surface area is 100 Å². The molecule has 17 heavy (non-hydrogen) atoms. The third kappa shape index (κ3) is 4.55. The van der Waals surface area contributed by atoms with Crippen LogP contribution in [0.4, 0.5) is 0 Å². The highest BCUT2D eigenvalue weighted by Crippen LogP contribution is 2.02. The van der Waals surface area contributed by atoms with E-state index < -0.39 is 0 Å². The molecule has 0 bridgehead atoms. The molecule has 1 amide bonds. The Morgan fingerprint density at radius 2 is 2.06 bits per heavy atom. The Kier molecular flexibility index (Phi) is 5.00. The first-order valence-electron chi connectivity index (χ1n) is 5.44. The number of benzene rings is 1. The van der Waals surface area contributed by atoms with Crippen LogP contribution in [-0.4, -0.2) is 23.5 Å². The van der Waals surface area contributed by atoms with E-state index in [-0.39, 0.29) is 11.7 Å². The van der Waals surface area contributed by atoms with Gasteiger partial charge in [0.1, 0.15) is 5.84 Å². The predicted octanol–water partition coefficient (Wildman–Crippen LogP) is 1.25. The Morgan fingerprint density at radius 3 is 2.65 bits per heavy atom. The van der Waals surface area contributed by atoms with Crippen molar-refractivity contribution in [2.75, 3.05) is 6.54 Å². The Morgan fingerprint density at radius 1 is 1.41 bits per heavy atom. The quantitative estimate of drug-likeness (QED) is 0.236. The number of amides is 1. The van der Waals surface area contributed by atoms with Gasteiger partial charge in [-0.3, -0.25) is 4.79 Å². The summed E-state index contributed by atoms with van der Waals surface area (Å²) < 4.78 is 0. The minimum absolute atomic E-state index is 0.107. The molecular formula is C12H17N3O2. The van der Waals surface area contributed by atoms with Gasteiger partial charge >= 0.3 is 0 Å². The van der Waals surface area contributed by atoms with Gasteiger partial charge in [-0.15, -0.1) is 0 Å². The van der Waals surface area contributed by atoms with Gasteiger partial charge in [-0.1, -0.05) is 22.9 Å². The SMILES string of the molecule is Cc1ccc(C(=O)NCCCC(N)=NO)cc1. The van der Waals surface area contributed by atoms with E-state index in [9.17, 15) is 4.79 Å². The molecule has 0 saturated carbocycles. The lowest BCUT2D eigenvalue weighted by Crippen LogP contribution is -2.25. The summed E-state index contributed by atoms with van der Waals surface area (Å²) in [6, 6.07) is 7.36. The number of aryl methyl sites for hydroxylation is 1. The number of carbonyl (C=O) groups is 1. The molecule has 4 N–H and O–H groups in total. The van der Waals surface area contributed by atoms with Gasteiger partial charge in [0.2, 0.25) is 0 Å². The fourth-order valence-electron chi connectivity index (χ4n) is 1.33. The smallest absolute Gasteiger partial charge is 0.251 e. The lowest BCUT2D eigenvalue weighted by Gasteiger charge is -2.05. The molecule has 0 aliphatic heterocycles. The summed E-state index contributed by atoms with van der Waals surface area (Å²) >= 11 is 0. The number of nitrogens with two attached hydrogens (primary N) is 1. The summed E-state index contributed by atoms with van der Waals surface area (Å²) in [5, 5.41) is 13.9. The zero-order valence-electron chi connectivity index (χ0n) is 9.81. The van der Waals surface area contributed by atoms with Crippen LogP contribution in [0, 0.1) is 6.92 Å². The summed E-state index contributed by atoms with van der Waals surface area (Å²) in [6.45, 7) is 2.47. The molecule has 1 aromatic rings. The summed E-state index contributed by atoms with van der Waals surface area (Å²) in [4.78, 5) is 11.6. The monoisotopic (exact) mass is 235 g/mol. The molecule has 0 saturated heterocycles. The van der Waals surface area contributed by atoms with E-state index in [0.29, 0.717) is 24.9 Å². The second-order valence-corrected chi connectivity index (χ2v) is 3.82. The normalized spacial score (nSPS) is 11.2. The third-order valence-electron chi connectivity index (χ3n) is 2.34. The van der Waals surface area contributed by atoms with Crippen molar-refractivity contribution in [1.82, 2.24) is 5.32 Å². The highest BCUT2D eigenvalue weighted by molar-refractivity contribution is 5.94. The molecule has 0 aliphatic carbocycles. The molecule has 0 radical (unpaired) electrons. The van der Waals surface area contributed by atoms with Crippen LogP contribution in [0.25, 0.3) is 0 Å². The van der Waals surface area contributed by atoms with E-state index in [1.165, 1.54) is 0 Å². The molecule has 0 spiro atoms. The Bertz CT molecular complexity index is 399. The van der Waals surface area contributed by atoms with Crippen molar-refractivity contribution in [3.05, 3.63) is 35.4 Å². The number of nitrogens with one attached hydrogen (secondary N) is 1. The number of hydrogen-bond donors (Lipinski definition) is 3. The first-order valence-corrected chi connectivity index (χ1v) is 5.44. The van der Waals surface area contributed by atoms with Crippen LogP contribution >= 0.6 is 0 Å². The number of hydrogen-bond acceptors (Lipinski definition) is 3. The van der Waals surface area contributed by atoms with Crippen molar-refractivity contribution in [2.24, 2.45) is 10.9 Å². The van der Waals surface area contributed by atoms with Gasteiger partial charge in [-0.25, -0.2) is 0 Å². The van der Waals surface area contributed by atoms with Crippen LogP contribution in [0.1, 0.15) is 28.8 Å². The summed E-state index contributed by atoms with van der Waals surface area (Å²) in [7, 11) is 0. The van der Waals surface area contributed by atoms with Crippen molar-refractivity contribution >= 4 is 11.7 Å². The summed E-state index contributed by atoms with van der Waals surface area (Å²) in [5.41, 5.74) is 7.06. The van der Waals surface area contributed by atoms with Crippen LogP contribution in [0.5, 0.6) is 0 Å². The van der Waals surface area contributed by atoms with E-state index in [2.05, 4.69) is 10.5 Å². The molecule has 0 fully saturated rings. The maximum absolute atomic E-state index is 11.6. The molecule has 0 aliphatic rings. The zero-order chi connectivity index (χ0) is 12.7. The van der Waals surface area contributed by atoms with Gasteiger partial charge in [-0.2, -0.15) is 0 Å². The van der Waals surface area contributed by atoms with Gasteiger partial charge in [0.05, 0.1) is 0 Å². The van der Waals surface area contributed by atoms with Gasteiger partial charge in [0.15, 0.2) is 0 Å². The highest BCUT2D eigenvalue weighted by Gasteiger charge is 2.03. The zero-order valence-corrected chi connectivity index (χ0v) is 9.81. The summed E-state index contributed by atoms with van der Waals surface area (Å²) in [6.07, 6.45) is 1.11. The van der Waals surface area contributed by atoms with Crippen molar-refractivity contribution < 1.29 is 10.0 Å². The minimum atomic E-state index is -0.107. The maximum Gasteiger partial charge on any atom is 0.251 e. The molecule has 0 unspecified atom stereocenters. The Balaban J connectivity index is 2.33. The van der Waals surface area contributed by atoms with Gasteiger partial charge < -0.3 is 16.3 Å². The van der Waals surface area contributed by atoms with E-state index in [4.69, 9.17) is 10.9 Å². The van der Waals surface area contributed by atoms with Gasteiger partial charge in [0.25, 0.3) is 5.91 Å². The van der Waals surface area contributed by atoms with Crippen molar-refractivity contribution in [3.63, 3.8) is 0 Å². The Hall–Kier alpha value is -2.04. The molecule has 0 aromatic heterocycles. The molecular weight excluding hydrogens is 218 g/mol. The van der Waals surface area contributed by atoms with E-state index in [1.807, 2.05) is 19.1 Å². The highest BCUT2D eigenvalue weighted by atomic mass is 16.4. The van der Waals surface area contributed by atoms with Crippen molar-refractivity contribution in [2.45, 2.75) is 19.8 Å². The first kappa shape index (κ1) is 13.0. The average Bonchev–Trinajstić information content (AvgIpc) is 2.34. The first-order chi connectivity index (χ1) is 8.13. The van der Waals surface area contributed by atoms with E-state index >= 15 is 0 Å². The van der Waals surface area contributed by atoms with Crippen LogP contribution in [0.2, 0.25) is 0 Å². The second kappa shape index (κ2) is 6.52. The standard InChI is InChI=1S/C12H17N3O2/c1-9-4-6-10(7-5-9)12(16)14-8-2-3-11(13)15-17/h4-7,17H,2-3,8H2,1H3,(H2,13,15)(H,14,16). The van der Waals surface area contributed by atoms with Crippen LogP contribution in [0.3, 0.4) is 0 Å². The molecule has 1 aromatic carbocycles. The fourth-order valence-corrected chi connectivity index (χ4v) is 1.33. The number of nitrogens with zero attached hydrogens (tertiary/aromatic N) is 1. The van der Waals surface area contributed by atoms with E-state index in [1.54, 1.807) is 12.1 Å². The third-order valence-corrected chi connectivity index (χ3v) is 2.34. The minimum Gasteiger partial charge on any atom is -0.409 e. The number of carbonyl (C=O) groups excluding carboxylic acids is 1. The van der Waals surface area contributed by atoms with Crippen molar-refractivity contribution in [3.8, 4) is 0 Å². The van der Waals surface area contributed by atoms with Crippen LogP contribution in [0.15, 0.2) is 29.4 Å². The fraction of sp³-hybridized carbons (Fsp3) is 0.333. The van der Waals surface area contributed by atoms with E-state index in [0.717, 1.165) is 5.56 Å². The van der Waals surface area contributed by atoms with Crippen molar-refractivity contribution in [1.29, 1.82) is 0 Å². The largest absolute Gasteiger partial charge is 0.409 e. The number of amidine groups is 1. The predicted molar refractivity (Wildman–Crippen MR) is 66.2 cm³/mol. The molecule has 5 heteroatoms. The second-order valence-electron chi connectivity index (χ2n) is 3.82. The number of rotatable bonds is 5. The molecule has 1 rings (SSSR count). The topological polar surface area (TPSA) is 87.7 Å². The maximum atomic E-state index is 11.6. The summed E-state index contributed by atoms with van der Waals surface area (Å²) in [5.74, 6) is 0.0686.